The Kier molecular flexibility index (Phi) is 6.41. The smallest absolute Gasteiger partial charge is 0.289 e. The number of anilines is 1. The molecule has 1 aromatic heterocycles. The minimum absolute atomic E-state index is 0.0838. The van der Waals surface area contributed by atoms with Gasteiger partial charge in [-0.25, -0.2) is 0 Å². The number of phenolic OH excluding ortho intramolecular Hbond substituents is 1. The summed E-state index contributed by atoms with van der Waals surface area (Å²) in [6.45, 7) is 2.46. The van der Waals surface area contributed by atoms with Gasteiger partial charge in [0.2, 0.25) is 0 Å². The number of aliphatic imine (C=N–C) groups is 1. The highest BCUT2D eigenvalue weighted by atomic mass is 35.5. The highest BCUT2D eigenvalue weighted by Crippen LogP contribution is 2.33. The van der Waals surface area contributed by atoms with Gasteiger partial charge in [-0.1, -0.05) is 34.8 Å². The monoisotopic (exact) mass is 477 g/mol. The van der Waals surface area contributed by atoms with Crippen molar-refractivity contribution in [3.8, 4) is 5.75 Å². The molecule has 4 rings (SSSR count). The van der Waals surface area contributed by atoms with E-state index < -0.39 is 0 Å². The lowest BCUT2D eigenvalue weighted by Crippen LogP contribution is -2.48. The van der Waals surface area contributed by atoms with E-state index in [2.05, 4.69) is 9.89 Å². The van der Waals surface area contributed by atoms with Crippen molar-refractivity contribution in [1.82, 2.24) is 4.90 Å². The number of furan rings is 1. The van der Waals surface area contributed by atoms with Crippen LogP contribution in [0.5, 0.6) is 5.75 Å². The van der Waals surface area contributed by atoms with E-state index in [0.717, 1.165) is 5.69 Å². The molecule has 6 nitrogen and oxygen atoms in total. The first kappa shape index (κ1) is 21.6. The van der Waals surface area contributed by atoms with Crippen LogP contribution < -0.4 is 4.90 Å². The lowest BCUT2D eigenvalue weighted by molar-refractivity contribution is 0.0714. The fourth-order valence-electron chi connectivity index (χ4n) is 3.37. The zero-order chi connectivity index (χ0) is 22.0. The van der Waals surface area contributed by atoms with Crippen LogP contribution in [0.1, 0.15) is 16.1 Å². The molecule has 2 heterocycles. The van der Waals surface area contributed by atoms with Crippen LogP contribution in [0.4, 0.5) is 11.4 Å². The third-order valence-corrected chi connectivity index (χ3v) is 5.79. The first-order chi connectivity index (χ1) is 14.9. The molecular weight excluding hydrogens is 461 g/mol. The third kappa shape index (κ3) is 4.82. The van der Waals surface area contributed by atoms with Gasteiger partial charge in [0.1, 0.15) is 5.75 Å². The summed E-state index contributed by atoms with van der Waals surface area (Å²) in [5, 5.41) is 11.2. The molecule has 2 aromatic carbocycles. The summed E-state index contributed by atoms with van der Waals surface area (Å²) < 4.78 is 5.20. The molecule has 1 aliphatic rings. The summed E-state index contributed by atoms with van der Waals surface area (Å²) in [7, 11) is 0. The van der Waals surface area contributed by atoms with E-state index in [0.29, 0.717) is 53.2 Å². The summed E-state index contributed by atoms with van der Waals surface area (Å²) in [6.07, 6.45) is 2.98. The number of carbonyl (C=O) groups excluding carboxylic acids is 1. The van der Waals surface area contributed by atoms with Crippen LogP contribution in [0.3, 0.4) is 0 Å². The Morgan fingerprint density at radius 3 is 2.48 bits per heavy atom. The van der Waals surface area contributed by atoms with Crippen molar-refractivity contribution < 1.29 is 14.3 Å². The standard InChI is InChI=1S/C22H18Cl3N3O3/c23-15-10-14(21(29)18(25)11-15)13-26-16-3-4-19(17(24)12-16)27-5-7-28(8-6-27)22(30)20-2-1-9-31-20/h1-4,9-13,29H,5-8H2. The Bertz CT molecular complexity index is 1120. The number of aromatic hydroxyl groups is 1. The molecule has 1 fully saturated rings. The van der Waals surface area contributed by atoms with Gasteiger partial charge in [0, 0.05) is 43.0 Å². The van der Waals surface area contributed by atoms with Crippen LogP contribution in [0.25, 0.3) is 0 Å². The van der Waals surface area contributed by atoms with Gasteiger partial charge in [0.15, 0.2) is 5.76 Å². The average Bonchev–Trinajstić information content (AvgIpc) is 3.30. The zero-order valence-electron chi connectivity index (χ0n) is 16.3. The molecule has 1 N–H and O–H groups in total. The molecule has 160 valence electrons. The number of phenols is 1. The van der Waals surface area contributed by atoms with E-state index in [4.69, 9.17) is 39.2 Å². The van der Waals surface area contributed by atoms with E-state index in [1.807, 2.05) is 12.1 Å². The number of benzene rings is 2. The summed E-state index contributed by atoms with van der Waals surface area (Å²) in [6, 6.07) is 11.9. The number of piperazine rings is 1. The molecule has 0 aliphatic carbocycles. The van der Waals surface area contributed by atoms with Gasteiger partial charge in [0.25, 0.3) is 5.91 Å². The molecule has 0 unspecified atom stereocenters. The Morgan fingerprint density at radius 2 is 1.81 bits per heavy atom. The molecule has 9 heteroatoms. The minimum Gasteiger partial charge on any atom is -0.506 e. The second-order valence-corrected chi connectivity index (χ2v) is 8.23. The summed E-state index contributed by atoms with van der Waals surface area (Å²) >= 11 is 18.4. The lowest BCUT2D eigenvalue weighted by atomic mass is 10.2. The maximum absolute atomic E-state index is 12.4. The number of rotatable bonds is 4. The largest absolute Gasteiger partial charge is 0.506 e. The van der Waals surface area contributed by atoms with Crippen LogP contribution >= 0.6 is 34.8 Å². The van der Waals surface area contributed by atoms with E-state index in [-0.39, 0.29) is 16.7 Å². The van der Waals surface area contributed by atoms with Crippen molar-refractivity contribution in [2.24, 2.45) is 4.99 Å². The number of amides is 1. The molecule has 1 aliphatic heterocycles. The predicted molar refractivity (Wildman–Crippen MR) is 124 cm³/mol. The Balaban J connectivity index is 1.43. The van der Waals surface area contributed by atoms with Crippen molar-refractivity contribution in [3.63, 3.8) is 0 Å². The summed E-state index contributed by atoms with van der Waals surface area (Å²) in [5.74, 6) is 0.157. The second-order valence-electron chi connectivity index (χ2n) is 6.98. The number of carbonyl (C=O) groups is 1. The molecule has 0 bridgehead atoms. The number of hydrogen-bond donors (Lipinski definition) is 1. The average molecular weight is 479 g/mol. The number of hydrogen-bond acceptors (Lipinski definition) is 5. The van der Waals surface area contributed by atoms with E-state index in [1.54, 1.807) is 29.2 Å². The molecule has 0 radical (unpaired) electrons. The van der Waals surface area contributed by atoms with Crippen LogP contribution in [0, 0.1) is 0 Å². The molecule has 0 atom stereocenters. The minimum atomic E-state index is -0.107. The Morgan fingerprint density at radius 1 is 1.03 bits per heavy atom. The van der Waals surface area contributed by atoms with E-state index in [9.17, 15) is 9.90 Å². The van der Waals surface area contributed by atoms with Gasteiger partial charge >= 0.3 is 0 Å². The third-order valence-electron chi connectivity index (χ3n) is 4.98. The first-order valence-corrected chi connectivity index (χ1v) is 10.6. The molecule has 0 saturated carbocycles. The van der Waals surface area contributed by atoms with Crippen molar-refractivity contribution in [2.75, 3.05) is 31.1 Å². The number of nitrogens with zero attached hydrogens (tertiary/aromatic N) is 3. The van der Waals surface area contributed by atoms with Gasteiger partial charge in [0.05, 0.1) is 27.7 Å². The van der Waals surface area contributed by atoms with Crippen molar-refractivity contribution in [2.45, 2.75) is 0 Å². The Hall–Kier alpha value is -2.67. The lowest BCUT2D eigenvalue weighted by Gasteiger charge is -2.36. The predicted octanol–water partition coefficient (Wildman–Crippen LogP) is 5.66. The molecule has 1 saturated heterocycles. The molecule has 0 spiro atoms. The van der Waals surface area contributed by atoms with Crippen LogP contribution in [0.2, 0.25) is 15.1 Å². The van der Waals surface area contributed by atoms with E-state index >= 15 is 0 Å². The van der Waals surface area contributed by atoms with Gasteiger partial charge in [-0.05, 0) is 42.5 Å². The fourth-order valence-corrected chi connectivity index (χ4v) is 4.17. The number of halogens is 3. The maximum Gasteiger partial charge on any atom is 0.289 e. The van der Waals surface area contributed by atoms with Crippen molar-refractivity contribution in [3.05, 3.63) is 75.1 Å². The molecule has 1 amide bonds. The molecule has 3 aromatic rings. The fraction of sp³-hybridized carbons (Fsp3) is 0.182. The van der Waals surface area contributed by atoms with Crippen molar-refractivity contribution >= 4 is 58.3 Å². The molecule has 31 heavy (non-hydrogen) atoms. The maximum atomic E-state index is 12.4. The summed E-state index contributed by atoms with van der Waals surface area (Å²) in [5.41, 5.74) is 1.91. The van der Waals surface area contributed by atoms with Crippen molar-refractivity contribution in [1.29, 1.82) is 0 Å². The zero-order valence-corrected chi connectivity index (χ0v) is 18.5. The van der Waals surface area contributed by atoms with Crippen LogP contribution in [-0.4, -0.2) is 48.3 Å². The van der Waals surface area contributed by atoms with Crippen LogP contribution in [-0.2, 0) is 0 Å². The second kappa shape index (κ2) is 9.22. The Labute approximate surface area is 194 Å². The highest BCUT2D eigenvalue weighted by molar-refractivity contribution is 6.36. The van der Waals surface area contributed by atoms with Gasteiger partial charge in [-0.3, -0.25) is 9.79 Å². The van der Waals surface area contributed by atoms with Crippen LogP contribution in [0.15, 0.2) is 58.1 Å². The topological polar surface area (TPSA) is 69.3 Å². The van der Waals surface area contributed by atoms with Gasteiger partial charge in [-0.15, -0.1) is 0 Å². The highest BCUT2D eigenvalue weighted by Gasteiger charge is 2.24. The van der Waals surface area contributed by atoms with E-state index in [1.165, 1.54) is 18.5 Å². The quantitative estimate of drug-likeness (QED) is 0.491. The SMILES string of the molecule is O=C(c1ccco1)N1CCN(c2ccc(N=Cc3cc(Cl)cc(Cl)c3O)cc2Cl)CC1. The van der Waals surface area contributed by atoms with Gasteiger partial charge in [-0.2, -0.15) is 0 Å². The first-order valence-electron chi connectivity index (χ1n) is 9.52. The van der Waals surface area contributed by atoms with Gasteiger partial charge < -0.3 is 19.3 Å². The summed E-state index contributed by atoms with van der Waals surface area (Å²) in [4.78, 5) is 20.7. The molecular formula is C22H18Cl3N3O3. The normalized spacial score (nSPS) is 14.4.